The number of unbranched alkanes of at least 4 members (excludes halogenated alkanes) is 6. The van der Waals surface area contributed by atoms with Crippen molar-refractivity contribution in [2.45, 2.75) is 105 Å². The minimum atomic E-state index is 1.07. The molecule has 0 aliphatic heterocycles. The quantitative estimate of drug-likeness (QED) is 0.104. The fourth-order valence-electron chi connectivity index (χ4n) is 6.79. The second-order valence-electron chi connectivity index (χ2n) is 13.3. The van der Waals surface area contributed by atoms with E-state index in [1.54, 1.807) is 0 Å². The van der Waals surface area contributed by atoms with Gasteiger partial charge in [-0.25, -0.2) is 0 Å². The van der Waals surface area contributed by atoms with Gasteiger partial charge < -0.3 is 0 Å². The molecule has 5 aromatic rings. The Bertz CT molecular complexity index is 1670. The lowest BCUT2D eigenvalue weighted by Crippen LogP contribution is -1.99. The molecule has 0 saturated carbocycles. The van der Waals surface area contributed by atoms with Gasteiger partial charge in [-0.05, 0) is 113 Å². The highest BCUT2D eigenvalue weighted by molar-refractivity contribution is 5.79. The van der Waals surface area contributed by atoms with Crippen LogP contribution in [0.15, 0.2) is 103 Å². The SMILES string of the molecule is CCCCCCc1cc(-c2ccc(-c3ccc(C)c(CC)c3)cc2)c(CCCCCC)cc1-c1ccc(-c2ccc(C)cc2)cc1. The average Bonchev–Trinajstić information content (AvgIpc) is 3.09. The molecule has 0 atom stereocenters. The molecule has 0 radical (unpaired) electrons. The van der Waals surface area contributed by atoms with Crippen LogP contribution in [0.1, 0.15) is 100.0 Å². The van der Waals surface area contributed by atoms with Crippen molar-refractivity contribution in [1.82, 2.24) is 0 Å². The van der Waals surface area contributed by atoms with Crippen molar-refractivity contribution in [2.24, 2.45) is 0 Å². The molecule has 0 amide bonds. The predicted molar refractivity (Wildman–Crippen MR) is 203 cm³/mol. The van der Waals surface area contributed by atoms with E-state index in [4.69, 9.17) is 0 Å². The Balaban J connectivity index is 1.53. The van der Waals surface area contributed by atoms with E-state index in [9.17, 15) is 0 Å². The van der Waals surface area contributed by atoms with Crippen LogP contribution in [0.25, 0.3) is 44.5 Å². The fourth-order valence-corrected chi connectivity index (χ4v) is 6.79. The molecule has 0 spiro atoms. The van der Waals surface area contributed by atoms with Crippen molar-refractivity contribution >= 4 is 0 Å². The third-order valence-corrected chi connectivity index (χ3v) is 9.77. The smallest absolute Gasteiger partial charge is 0.0149 e. The van der Waals surface area contributed by atoms with Crippen LogP contribution >= 0.6 is 0 Å². The first-order valence-corrected chi connectivity index (χ1v) is 18.0. The topological polar surface area (TPSA) is 0 Å². The zero-order valence-corrected chi connectivity index (χ0v) is 29.1. The second kappa shape index (κ2) is 16.6. The van der Waals surface area contributed by atoms with Crippen LogP contribution in [0, 0.1) is 13.8 Å². The van der Waals surface area contributed by atoms with Gasteiger partial charge in [0.05, 0.1) is 0 Å². The Morgan fingerprint density at radius 3 is 1.24 bits per heavy atom. The van der Waals surface area contributed by atoms with Gasteiger partial charge in [-0.1, -0.05) is 168 Å². The monoisotopic (exact) mass is 606 g/mol. The zero-order valence-electron chi connectivity index (χ0n) is 29.1. The maximum atomic E-state index is 2.56. The first kappa shape index (κ1) is 33.5. The van der Waals surface area contributed by atoms with E-state index in [2.05, 4.69) is 138 Å². The van der Waals surface area contributed by atoms with Crippen molar-refractivity contribution < 1.29 is 0 Å². The van der Waals surface area contributed by atoms with Gasteiger partial charge in [-0.2, -0.15) is 0 Å². The highest BCUT2D eigenvalue weighted by Gasteiger charge is 2.14. The summed E-state index contributed by atoms with van der Waals surface area (Å²) < 4.78 is 0. The highest BCUT2D eigenvalue weighted by Crippen LogP contribution is 2.36. The van der Waals surface area contributed by atoms with Crippen LogP contribution in [0.4, 0.5) is 0 Å². The summed E-state index contributed by atoms with van der Waals surface area (Å²) in [6, 6.07) is 39.6. The van der Waals surface area contributed by atoms with Gasteiger partial charge in [0, 0.05) is 0 Å². The lowest BCUT2D eigenvalue weighted by molar-refractivity contribution is 0.664. The summed E-state index contributed by atoms with van der Waals surface area (Å²) in [6.45, 7) is 11.2. The van der Waals surface area contributed by atoms with E-state index >= 15 is 0 Å². The summed E-state index contributed by atoms with van der Waals surface area (Å²) in [4.78, 5) is 0. The van der Waals surface area contributed by atoms with Gasteiger partial charge in [0.1, 0.15) is 0 Å². The molecule has 46 heavy (non-hydrogen) atoms. The normalized spacial score (nSPS) is 11.2. The van der Waals surface area contributed by atoms with E-state index in [-0.39, 0.29) is 0 Å². The minimum absolute atomic E-state index is 1.07. The Hall–Kier alpha value is -3.90. The van der Waals surface area contributed by atoms with Gasteiger partial charge in [0.15, 0.2) is 0 Å². The first-order chi connectivity index (χ1) is 22.5. The molecule has 5 aromatic carbocycles. The molecule has 0 heteroatoms. The van der Waals surface area contributed by atoms with Gasteiger partial charge >= 0.3 is 0 Å². The Labute approximate surface area is 279 Å². The molecule has 0 unspecified atom stereocenters. The van der Waals surface area contributed by atoms with Crippen molar-refractivity contribution in [3.63, 3.8) is 0 Å². The minimum Gasteiger partial charge on any atom is -0.0654 e. The maximum absolute atomic E-state index is 2.56. The molecule has 0 saturated heterocycles. The lowest BCUT2D eigenvalue weighted by Gasteiger charge is -2.19. The molecular weight excluding hydrogens is 553 g/mol. The number of benzene rings is 5. The molecule has 0 aliphatic carbocycles. The van der Waals surface area contributed by atoms with Crippen LogP contribution in [0.5, 0.6) is 0 Å². The van der Waals surface area contributed by atoms with Crippen LogP contribution in [-0.4, -0.2) is 0 Å². The standard InChI is InChI=1S/C46H54/c1-6-9-11-13-15-43-33-46(41-29-25-39(26-30-41)42-22-19-35(5)36(8-3)31-42)44(16-14-12-10-7-2)32-45(43)40-27-23-38(24-28-40)37-20-17-34(4)18-21-37/h17-33H,6-16H2,1-5H3. The van der Waals surface area contributed by atoms with Crippen molar-refractivity contribution in [3.8, 4) is 44.5 Å². The molecule has 0 nitrogen and oxygen atoms in total. The summed E-state index contributed by atoms with van der Waals surface area (Å²) >= 11 is 0. The first-order valence-electron chi connectivity index (χ1n) is 18.0. The Morgan fingerprint density at radius 2 is 0.783 bits per heavy atom. The van der Waals surface area contributed by atoms with Gasteiger partial charge in [-0.3, -0.25) is 0 Å². The van der Waals surface area contributed by atoms with E-state index in [0.717, 1.165) is 19.3 Å². The summed E-state index contributed by atoms with van der Waals surface area (Å²) in [6.07, 6.45) is 13.5. The fraction of sp³-hybridized carbons (Fsp3) is 0.348. The summed E-state index contributed by atoms with van der Waals surface area (Å²) in [5, 5.41) is 0. The number of hydrogen-bond donors (Lipinski definition) is 0. The number of hydrogen-bond acceptors (Lipinski definition) is 0. The molecular formula is C46H54. The van der Waals surface area contributed by atoms with Crippen molar-refractivity contribution in [2.75, 3.05) is 0 Å². The molecule has 0 heterocycles. The molecule has 238 valence electrons. The molecule has 0 bridgehead atoms. The van der Waals surface area contributed by atoms with E-state index in [0.29, 0.717) is 0 Å². The van der Waals surface area contributed by atoms with Crippen molar-refractivity contribution in [1.29, 1.82) is 0 Å². The third-order valence-electron chi connectivity index (χ3n) is 9.77. The van der Waals surface area contributed by atoms with E-state index in [1.807, 2.05) is 0 Å². The third kappa shape index (κ3) is 8.47. The van der Waals surface area contributed by atoms with Gasteiger partial charge in [0.2, 0.25) is 0 Å². The van der Waals surface area contributed by atoms with E-state index in [1.165, 1.54) is 124 Å². The summed E-state index contributed by atoms with van der Waals surface area (Å²) in [5.74, 6) is 0. The summed E-state index contributed by atoms with van der Waals surface area (Å²) in [5.41, 5.74) is 17.8. The number of aryl methyl sites for hydroxylation is 5. The molecule has 0 aromatic heterocycles. The number of rotatable bonds is 15. The van der Waals surface area contributed by atoms with Crippen LogP contribution in [-0.2, 0) is 19.3 Å². The molecule has 0 fully saturated rings. The highest BCUT2D eigenvalue weighted by atomic mass is 14.2. The van der Waals surface area contributed by atoms with Crippen LogP contribution in [0.2, 0.25) is 0 Å². The lowest BCUT2D eigenvalue weighted by atomic mass is 9.86. The molecule has 0 N–H and O–H groups in total. The van der Waals surface area contributed by atoms with Gasteiger partial charge in [0.25, 0.3) is 0 Å². The zero-order chi connectivity index (χ0) is 32.3. The predicted octanol–water partition coefficient (Wildman–Crippen LogP) is 13.8. The Kier molecular flexibility index (Phi) is 12.1. The van der Waals surface area contributed by atoms with Crippen LogP contribution in [0.3, 0.4) is 0 Å². The summed E-state index contributed by atoms with van der Waals surface area (Å²) in [7, 11) is 0. The van der Waals surface area contributed by atoms with Crippen LogP contribution < -0.4 is 0 Å². The molecule has 0 aliphatic rings. The second-order valence-corrected chi connectivity index (χ2v) is 13.3. The Morgan fingerprint density at radius 1 is 0.370 bits per heavy atom. The van der Waals surface area contributed by atoms with Crippen molar-refractivity contribution in [3.05, 3.63) is 131 Å². The van der Waals surface area contributed by atoms with Gasteiger partial charge in [-0.15, -0.1) is 0 Å². The maximum Gasteiger partial charge on any atom is -0.0149 e. The average molecular weight is 607 g/mol. The molecule has 5 rings (SSSR count). The largest absolute Gasteiger partial charge is 0.0654 e. The van der Waals surface area contributed by atoms with E-state index < -0.39 is 0 Å².